The number of imide groups is 1. The van der Waals surface area contributed by atoms with E-state index in [-0.39, 0.29) is 16.4 Å². The quantitative estimate of drug-likeness (QED) is 0.242. The normalized spacial score (nSPS) is 19.0. The summed E-state index contributed by atoms with van der Waals surface area (Å²) in [7, 11) is 2.87. The van der Waals surface area contributed by atoms with Gasteiger partial charge in [0.25, 0.3) is 5.91 Å². The zero-order valence-corrected chi connectivity index (χ0v) is 25.7. The van der Waals surface area contributed by atoms with Crippen LogP contribution in [0.15, 0.2) is 76.6 Å². The number of thioether (sulfide) groups is 1. The molecule has 3 amide bonds. The maximum atomic E-state index is 13.9. The van der Waals surface area contributed by atoms with Crippen molar-refractivity contribution in [2.75, 3.05) is 31.0 Å². The van der Waals surface area contributed by atoms with Gasteiger partial charge in [0.1, 0.15) is 11.0 Å². The number of aromatic nitrogens is 1. The van der Waals surface area contributed by atoms with Crippen LogP contribution in [0.5, 0.6) is 17.2 Å². The number of methoxy groups -OCH3 is 2. The molecule has 0 unspecified atom stereocenters. The molecule has 238 valence electrons. The molecule has 2 aliphatic heterocycles. The number of thiazole rings is 1. The Morgan fingerprint density at radius 3 is 2.39 bits per heavy atom. The number of rotatable bonds is 8. The van der Waals surface area contributed by atoms with Gasteiger partial charge < -0.3 is 24.5 Å². The standard InChI is InChI=1S/C31H24F3N3O7S2/c1-42-17-10-8-16(9-11-17)37-28(39)24-23(25-27(36-30(41)46-25)45-26(24)29(37)40)15-7-12-20(21(13-15)43-2)44-14-22(38)35-19-6-4-3-5-18(19)31(32,33)34/h3-13,23-24,26H,14H2,1-2H3,(H,35,38)(H,36,41)/t23-,24-,26+/m0/s1. The van der Waals surface area contributed by atoms with Crippen molar-refractivity contribution in [2.24, 2.45) is 5.92 Å². The number of aromatic amines is 1. The Labute approximate surface area is 267 Å². The van der Waals surface area contributed by atoms with Gasteiger partial charge in [0, 0.05) is 10.8 Å². The molecule has 0 bridgehead atoms. The SMILES string of the molecule is COc1ccc(N2C(=O)[C@H]3[C@H](c4ccc(OCC(=O)Nc5ccccc5C(F)(F)F)c(OC)c4)c4sc(=O)[nH]c4S[C@H]3C2=O)cc1. The number of amides is 3. The average molecular weight is 672 g/mol. The first-order valence-electron chi connectivity index (χ1n) is 13.7. The van der Waals surface area contributed by atoms with Crippen LogP contribution in [0.25, 0.3) is 0 Å². The third-order valence-electron chi connectivity index (χ3n) is 7.57. The number of benzene rings is 3. The van der Waals surface area contributed by atoms with Crippen LogP contribution in [-0.2, 0) is 20.6 Å². The predicted octanol–water partition coefficient (Wildman–Crippen LogP) is 5.29. The molecule has 10 nitrogen and oxygen atoms in total. The van der Waals surface area contributed by atoms with Crippen LogP contribution >= 0.6 is 23.1 Å². The van der Waals surface area contributed by atoms with E-state index in [1.54, 1.807) is 36.4 Å². The van der Waals surface area contributed by atoms with Gasteiger partial charge in [0.15, 0.2) is 18.1 Å². The first-order chi connectivity index (χ1) is 22.0. The number of halogens is 3. The Bertz CT molecular complexity index is 1890. The van der Waals surface area contributed by atoms with E-state index in [0.717, 1.165) is 40.1 Å². The lowest BCUT2D eigenvalue weighted by Crippen LogP contribution is -2.32. The Morgan fingerprint density at radius 2 is 1.70 bits per heavy atom. The van der Waals surface area contributed by atoms with Crippen molar-refractivity contribution >= 4 is 52.2 Å². The van der Waals surface area contributed by atoms with E-state index in [9.17, 15) is 32.3 Å². The van der Waals surface area contributed by atoms with Crippen LogP contribution in [0.3, 0.4) is 0 Å². The molecule has 0 radical (unpaired) electrons. The van der Waals surface area contributed by atoms with Crippen LogP contribution in [0, 0.1) is 5.92 Å². The van der Waals surface area contributed by atoms with Gasteiger partial charge in [-0.2, -0.15) is 13.2 Å². The van der Waals surface area contributed by atoms with Crippen molar-refractivity contribution in [1.82, 2.24) is 4.98 Å². The van der Waals surface area contributed by atoms with Crippen molar-refractivity contribution in [1.29, 1.82) is 0 Å². The first kappa shape index (κ1) is 31.2. The van der Waals surface area contributed by atoms with Gasteiger partial charge in [-0.05, 0) is 54.1 Å². The topological polar surface area (TPSA) is 127 Å². The predicted molar refractivity (Wildman–Crippen MR) is 164 cm³/mol. The number of anilines is 2. The second kappa shape index (κ2) is 12.2. The summed E-state index contributed by atoms with van der Waals surface area (Å²) in [6.45, 7) is -0.625. The summed E-state index contributed by atoms with van der Waals surface area (Å²) in [5, 5.41) is 1.90. The molecule has 2 aliphatic rings. The molecule has 6 rings (SSSR count). The molecule has 0 spiro atoms. The minimum absolute atomic E-state index is 0.114. The fraction of sp³-hybridized carbons (Fsp3) is 0.226. The molecule has 1 fully saturated rings. The molecule has 1 aromatic heterocycles. The summed E-state index contributed by atoms with van der Waals surface area (Å²) in [6, 6.07) is 15.8. The van der Waals surface area contributed by atoms with Crippen LogP contribution in [0.2, 0.25) is 0 Å². The number of ether oxygens (including phenoxy) is 3. The van der Waals surface area contributed by atoms with Crippen LogP contribution in [0.4, 0.5) is 24.5 Å². The largest absolute Gasteiger partial charge is 0.497 e. The lowest BCUT2D eigenvalue weighted by molar-refractivity contribution is -0.137. The molecule has 2 N–H and O–H groups in total. The van der Waals surface area contributed by atoms with Gasteiger partial charge in [0.05, 0.1) is 42.1 Å². The monoisotopic (exact) mass is 671 g/mol. The Morgan fingerprint density at radius 1 is 0.957 bits per heavy atom. The number of H-pyrrole nitrogens is 1. The van der Waals surface area contributed by atoms with E-state index in [1.807, 2.05) is 0 Å². The number of para-hydroxylation sites is 1. The van der Waals surface area contributed by atoms with Gasteiger partial charge in [-0.25, -0.2) is 4.90 Å². The smallest absolute Gasteiger partial charge is 0.418 e. The lowest BCUT2D eigenvalue weighted by atomic mass is 9.83. The molecule has 3 heterocycles. The average Bonchev–Trinajstić information content (AvgIpc) is 3.53. The number of hydrogen-bond donors (Lipinski definition) is 2. The lowest BCUT2D eigenvalue weighted by Gasteiger charge is -2.30. The summed E-state index contributed by atoms with van der Waals surface area (Å²) in [5.74, 6) is -2.38. The third-order valence-corrected chi connectivity index (χ3v) is 9.97. The maximum Gasteiger partial charge on any atom is 0.418 e. The summed E-state index contributed by atoms with van der Waals surface area (Å²) in [4.78, 5) is 56.7. The molecule has 1 saturated heterocycles. The third kappa shape index (κ3) is 5.71. The highest BCUT2D eigenvalue weighted by Crippen LogP contribution is 2.54. The van der Waals surface area contributed by atoms with Gasteiger partial charge in [-0.3, -0.25) is 19.2 Å². The molecule has 15 heteroatoms. The molecule has 3 atom stereocenters. The highest BCUT2D eigenvalue weighted by atomic mass is 32.2. The van der Waals surface area contributed by atoms with E-state index in [4.69, 9.17) is 14.2 Å². The summed E-state index contributed by atoms with van der Waals surface area (Å²) in [5.41, 5.74) is -0.460. The van der Waals surface area contributed by atoms with Crippen LogP contribution in [0.1, 0.15) is 21.9 Å². The van der Waals surface area contributed by atoms with Gasteiger partial charge in [-0.15, -0.1) is 0 Å². The zero-order valence-electron chi connectivity index (χ0n) is 24.0. The van der Waals surface area contributed by atoms with Crippen LogP contribution < -0.4 is 29.3 Å². The summed E-state index contributed by atoms with van der Waals surface area (Å²) >= 11 is 2.09. The number of hydrogen-bond acceptors (Lipinski definition) is 9. The van der Waals surface area contributed by atoms with Crippen molar-refractivity contribution in [3.63, 3.8) is 0 Å². The van der Waals surface area contributed by atoms with E-state index in [2.05, 4.69) is 10.3 Å². The molecule has 0 saturated carbocycles. The summed E-state index contributed by atoms with van der Waals surface area (Å²) < 4.78 is 56.3. The Balaban J connectivity index is 1.27. The summed E-state index contributed by atoms with van der Waals surface area (Å²) in [6.07, 6.45) is -4.66. The number of nitrogens with one attached hydrogen (secondary N) is 2. The first-order valence-corrected chi connectivity index (χ1v) is 15.4. The van der Waals surface area contributed by atoms with E-state index in [0.29, 0.717) is 26.9 Å². The number of fused-ring (bicyclic) bond motifs is 2. The fourth-order valence-corrected chi connectivity index (χ4v) is 8.04. The van der Waals surface area contributed by atoms with Crippen molar-refractivity contribution in [3.8, 4) is 17.2 Å². The van der Waals surface area contributed by atoms with Crippen LogP contribution in [-0.4, -0.2) is 48.8 Å². The van der Waals surface area contributed by atoms with E-state index >= 15 is 0 Å². The van der Waals surface area contributed by atoms with Crippen molar-refractivity contribution in [3.05, 3.63) is 92.4 Å². The number of alkyl halides is 3. The molecule has 4 aromatic rings. The molecule has 3 aromatic carbocycles. The minimum atomic E-state index is -4.66. The van der Waals surface area contributed by atoms with Gasteiger partial charge in [0.2, 0.25) is 11.8 Å². The second-order valence-electron chi connectivity index (χ2n) is 10.3. The van der Waals surface area contributed by atoms with E-state index < -0.39 is 58.8 Å². The highest BCUT2D eigenvalue weighted by Gasteiger charge is 2.56. The zero-order chi connectivity index (χ0) is 32.7. The minimum Gasteiger partial charge on any atom is -0.497 e. The maximum absolute atomic E-state index is 13.9. The van der Waals surface area contributed by atoms with Gasteiger partial charge >= 0.3 is 11.0 Å². The molecular weight excluding hydrogens is 647 g/mol. The fourth-order valence-electron chi connectivity index (χ4n) is 5.53. The Kier molecular flexibility index (Phi) is 8.29. The van der Waals surface area contributed by atoms with Gasteiger partial charge in [-0.1, -0.05) is 41.3 Å². The highest BCUT2D eigenvalue weighted by molar-refractivity contribution is 8.00. The van der Waals surface area contributed by atoms with Crippen molar-refractivity contribution < 1.29 is 41.8 Å². The second-order valence-corrected chi connectivity index (χ2v) is 12.4. The number of nitrogens with zero attached hydrogens (tertiary/aromatic N) is 1. The number of carbonyl (C=O) groups is 3. The molecule has 46 heavy (non-hydrogen) atoms. The molecule has 0 aliphatic carbocycles. The van der Waals surface area contributed by atoms with Crippen molar-refractivity contribution in [2.45, 2.75) is 22.4 Å². The van der Waals surface area contributed by atoms with E-state index in [1.165, 1.54) is 32.4 Å². The Hall–Kier alpha value is -4.76. The number of carbonyl (C=O) groups excluding carboxylic acids is 3. The molecular formula is C31H24F3N3O7S2.